The van der Waals surface area contributed by atoms with Crippen molar-refractivity contribution in [2.24, 2.45) is 0 Å². The van der Waals surface area contributed by atoms with E-state index >= 15 is 0 Å². The second-order valence-corrected chi connectivity index (χ2v) is 7.69. The molecule has 2 aliphatic heterocycles. The van der Waals surface area contributed by atoms with Crippen molar-refractivity contribution in [3.8, 4) is 11.1 Å². The van der Waals surface area contributed by atoms with Crippen molar-refractivity contribution < 1.29 is 23.9 Å². The van der Waals surface area contributed by atoms with Crippen LogP contribution in [0, 0.1) is 0 Å². The highest BCUT2D eigenvalue weighted by molar-refractivity contribution is 5.96. The molecule has 2 heterocycles. The number of fused-ring (bicyclic) bond motifs is 1. The number of benzene rings is 2. The van der Waals surface area contributed by atoms with Crippen LogP contribution in [-0.4, -0.2) is 68.8 Å². The fraction of sp³-hybridized carbons (Fsp3) is 0.375. The van der Waals surface area contributed by atoms with Crippen LogP contribution in [0.4, 0.5) is 10.5 Å². The Labute approximate surface area is 187 Å². The van der Waals surface area contributed by atoms with Gasteiger partial charge in [0.05, 0.1) is 19.8 Å². The fourth-order valence-electron chi connectivity index (χ4n) is 4.00. The largest absolute Gasteiger partial charge is 0.465 e. The van der Waals surface area contributed by atoms with Crippen LogP contribution in [0.1, 0.15) is 22.8 Å². The first kappa shape index (κ1) is 21.8. The Balaban J connectivity index is 1.42. The molecule has 1 saturated heterocycles. The quantitative estimate of drug-likeness (QED) is 0.726. The molecule has 0 unspecified atom stereocenters. The van der Waals surface area contributed by atoms with Gasteiger partial charge in [-0.2, -0.15) is 0 Å². The van der Waals surface area contributed by atoms with Crippen LogP contribution in [0.3, 0.4) is 0 Å². The molecular formula is C24H27N3O5. The van der Waals surface area contributed by atoms with Gasteiger partial charge < -0.3 is 19.7 Å². The second kappa shape index (κ2) is 9.82. The molecule has 0 radical (unpaired) electrons. The molecule has 2 aliphatic rings. The number of hydrogen-bond donors (Lipinski definition) is 1. The highest BCUT2D eigenvalue weighted by atomic mass is 16.5. The van der Waals surface area contributed by atoms with Crippen LogP contribution in [0.5, 0.6) is 0 Å². The lowest BCUT2D eigenvalue weighted by Gasteiger charge is -2.26. The van der Waals surface area contributed by atoms with E-state index in [1.807, 2.05) is 41.3 Å². The van der Waals surface area contributed by atoms with Crippen LogP contribution in [-0.2, 0) is 20.7 Å². The summed E-state index contributed by atoms with van der Waals surface area (Å²) in [4.78, 5) is 40.0. The first-order valence-corrected chi connectivity index (χ1v) is 10.9. The Kier molecular flexibility index (Phi) is 6.70. The lowest BCUT2D eigenvalue weighted by atomic mass is 10.0. The third kappa shape index (κ3) is 4.75. The molecule has 0 aliphatic carbocycles. The van der Waals surface area contributed by atoms with E-state index in [0.717, 1.165) is 28.8 Å². The van der Waals surface area contributed by atoms with Gasteiger partial charge in [-0.1, -0.05) is 18.2 Å². The number of esters is 1. The van der Waals surface area contributed by atoms with Crippen LogP contribution in [0.15, 0.2) is 42.5 Å². The molecule has 0 atom stereocenters. The van der Waals surface area contributed by atoms with Gasteiger partial charge in [0, 0.05) is 30.9 Å². The molecule has 3 amide bonds. The van der Waals surface area contributed by atoms with E-state index in [2.05, 4.69) is 11.4 Å². The standard InChI is InChI=1S/C24H27N3O5/c1-2-32-22(28)16-25-24(30)27-10-9-20-15-19(7-8-21(20)27)17-3-5-18(6-4-17)23(29)26-11-13-31-14-12-26/h3-8,15H,2,9-14,16H2,1H3,(H,25,30). The zero-order valence-electron chi connectivity index (χ0n) is 18.1. The third-order valence-electron chi connectivity index (χ3n) is 5.67. The van der Waals surface area contributed by atoms with Crippen LogP contribution < -0.4 is 10.2 Å². The molecule has 0 spiro atoms. The molecular weight excluding hydrogens is 410 g/mol. The van der Waals surface area contributed by atoms with Gasteiger partial charge in [-0.3, -0.25) is 14.5 Å². The average molecular weight is 437 g/mol. The molecule has 8 nitrogen and oxygen atoms in total. The van der Waals surface area contributed by atoms with E-state index in [1.165, 1.54) is 0 Å². The normalized spacial score (nSPS) is 15.3. The van der Waals surface area contributed by atoms with E-state index in [1.54, 1.807) is 11.8 Å². The van der Waals surface area contributed by atoms with Crippen molar-refractivity contribution in [1.29, 1.82) is 0 Å². The molecule has 1 N–H and O–H groups in total. The van der Waals surface area contributed by atoms with Crippen molar-refractivity contribution in [1.82, 2.24) is 10.2 Å². The predicted octanol–water partition coefficient (Wildman–Crippen LogP) is 2.46. The first-order chi connectivity index (χ1) is 15.6. The summed E-state index contributed by atoms with van der Waals surface area (Å²) < 4.78 is 10.2. The third-order valence-corrected chi connectivity index (χ3v) is 5.67. The van der Waals surface area contributed by atoms with Crippen molar-refractivity contribution in [3.05, 3.63) is 53.6 Å². The first-order valence-electron chi connectivity index (χ1n) is 10.9. The van der Waals surface area contributed by atoms with Crippen LogP contribution in [0.2, 0.25) is 0 Å². The summed E-state index contributed by atoms with van der Waals surface area (Å²) in [6.07, 6.45) is 0.740. The summed E-state index contributed by atoms with van der Waals surface area (Å²) in [5.41, 5.74) is 4.62. The maximum absolute atomic E-state index is 12.6. The zero-order valence-corrected chi connectivity index (χ0v) is 18.1. The van der Waals surface area contributed by atoms with Crippen molar-refractivity contribution in [2.45, 2.75) is 13.3 Å². The van der Waals surface area contributed by atoms with E-state index in [4.69, 9.17) is 9.47 Å². The van der Waals surface area contributed by atoms with Crippen LogP contribution >= 0.6 is 0 Å². The molecule has 2 aromatic rings. The van der Waals surface area contributed by atoms with E-state index in [0.29, 0.717) is 38.4 Å². The summed E-state index contributed by atoms with van der Waals surface area (Å²) in [6.45, 7) is 4.82. The number of ether oxygens (including phenoxy) is 2. The lowest BCUT2D eigenvalue weighted by Crippen LogP contribution is -2.41. The van der Waals surface area contributed by atoms with E-state index < -0.39 is 5.97 Å². The van der Waals surface area contributed by atoms with Gasteiger partial charge in [-0.25, -0.2) is 4.79 Å². The Hall–Kier alpha value is -3.39. The summed E-state index contributed by atoms with van der Waals surface area (Å²) in [6, 6.07) is 13.3. The van der Waals surface area contributed by atoms with Gasteiger partial charge in [0.1, 0.15) is 6.54 Å². The minimum Gasteiger partial charge on any atom is -0.465 e. The van der Waals surface area contributed by atoms with Crippen molar-refractivity contribution in [3.63, 3.8) is 0 Å². The van der Waals surface area contributed by atoms with Crippen LogP contribution in [0.25, 0.3) is 11.1 Å². The van der Waals surface area contributed by atoms with E-state index in [-0.39, 0.29) is 25.1 Å². The summed E-state index contributed by atoms with van der Waals surface area (Å²) >= 11 is 0. The number of nitrogens with zero attached hydrogens (tertiary/aromatic N) is 2. The molecule has 0 bridgehead atoms. The zero-order chi connectivity index (χ0) is 22.5. The average Bonchev–Trinajstić information content (AvgIpc) is 3.26. The second-order valence-electron chi connectivity index (χ2n) is 7.69. The molecule has 8 heteroatoms. The Morgan fingerprint density at radius 2 is 1.72 bits per heavy atom. The van der Waals surface area contributed by atoms with Gasteiger partial charge in [0.25, 0.3) is 5.91 Å². The molecule has 0 saturated carbocycles. The summed E-state index contributed by atoms with van der Waals surface area (Å²) in [7, 11) is 0. The van der Waals surface area contributed by atoms with Gasteiger partial charge in [0.15, 0.2) is 0 Å². The number of morpholine rings is 1. The highest BCUT2D eigenvalue weighted by Gasteiger charge is 2.25. The number of hydrogen-bond acceptors (Lipinski definition) is 5. The maximum atomic E-state index is 12.6. The molecule has 168 valence electrons. The minimum atomic E-state index is -0.453. The number of carbonyl (C=O) groups excluding carboxylic acids is 3. The summed E-state index contributed by atoms with van der Waals surface area (Å²) in [5.74, 6) is -0.426. The molecule has 0 aromatic heterocycles. The number of rotatable bonds is 5. The SMILES string of the molecule is CCOC(=O)CNC(=O)N1CCc2cc(-c3ccc(C(=O)N4CCOCC4)cc3)ccc21. The van der Waals surface area contributed by atoms with Gasteiger partial charge in [-0.15, -0.1) is 0 Å². The number of carbonyl (C=O) groups is 3. The number of amides is 3. The van der Waals surface area contributed by atoms with Crippen molar-refractivity contribution in [2.75, 3.05) is 50.9 Å². The molecule has 2 aromatic carbocycles. The predicted molar refractivity (Wildman–Crippen MR) is 120 cm³/mol. The smallest absolute Gasteiger partial charge is 0.325 e. The molecule has 1 fully saturated rings. The topological polar surface area (TPSA) is 88.2 Å². The van der Waals surface area contributed by atoms with Gasteiger partial charge in [0.2, 0.25) is 0 Å². The van der Waals surface area contributed by atoms with Crippen molar-refractivity contribution >= 4 is 23.6 Å². The maximum Gasteiger partial charge on any atom is 0.325 e. The lowest BCUT2D eigenvalue weighted by molar-refractivity contribution is -0.141. The number of nitrogens with one attached hydrogen (secondary N) is 1. The van der Waals surface area contributed by atoms with Gasteiger partial charge >= 0.3 is 12.0 Å². The summed E-state index contributed by atoms with van der Waals surface area (Å²) in [5, 5.41) is 2.61. The monoisotopic (exact) mass is 437 g/mol. The highest BCUT2D eigenvalue weighted by Crippen LogP contribution is 2.32. The minimum absolute atomic E-state index is 0.0262. The fourth-order valence-corrected chi connectivity index (χ4v) is 4.00. The molecule has 4 rings (SSSR count). The number of urea groups is 1. The molecule has 32 heavy (non-hydrogen) atoms. The number of anilines is 1. The van der Waals surface area contributed by atoms with Gasteiger partial charge in [-0.05, 0) is 54.3 Å². The Morgan fingerprint density at radius 1 is 1.00 bits per heavy atom. The Bertz CT molecular complexity index is 999. The van der Waals surface area contributed by atoms with E-state index in [9.17, 15) is 14.4 Å². The Morgan fingerprint density at radius 3 is 2.44 bits per heavy atom.